The van der Waals surface area contributed by atoms with Crippen molar-refractivity contribution in [3.8, 4) is 0 Å². The molecule has 0 amide bonds. The summed E-state index contributed by atoms with van der Waals surface area (Å²) >= 11 is 3.14. The highest BCUT2D eigenvalue weighted by Crippen LogP contribution is 2.28. The molecule has 0 saturated heterocycles. The van der Waals surface area contributed by atoms with Crippen molar-refractivity contribution in [3.63, 3.8) is 0 Å². The van der Waals surface area contributed by atoms with Gasteiger partial charge in [-0.3, -0.25) is 10.1 Å². The standard InChI is InChI=1S/C13H9BrF2N2O2/c14-9-4-5-11(12(6-9)18(19)20)17-7-8-2-1-3-10(15)13(8)16/h1-6,17H,7H2. The summed E-state index contributed by atoms with van der Waals surface area (Å²) in [6, 6.07) is 8.27. The van der Waals surface area contributed by atoms with Crippen LogP contribution < -0.4 is 5.32 Å². The van der Waals surface area contributed by atoms with Crippen molar-refractivity contribution in [3.05, 3.63) is 68.2 Å². The van der Waals surface area contributed by atoms with Gasteiger partial charge in [-0.2, -0.15) is 0 Å². The molecule has 0 atom stereocenters. The molecule has 2 aromatic rings. The second-order valence-corrected chi connectivity index (χ2v) is 4.90. The smallest absolute Gasteiger partial charge is 0.293 e. The van der Waals surface area contributed by atoms with Gasteiger partial charge >= 0.3 is 0 Å². The highest BCUT2D eigenvalue weighted by Gasteiger charge is 2.15. The summed E-state index contributed by atoms with van der Waals surface area (Å²) in [5.41, 5.74) is 0.195. The Kier molecular flexibility index (Phi) is 4.29. The van der Waals surface area contributed by atoms with E-state index in [2.05, 4.69) is 21.2 Å². The Hall–Kier alpha value is -2.02. The van der Waals surface area contributed by atoms with Crippen molar-refractivity contribution in [1.29, 1.82) is 0 Å². The fourth-order valence-corrected chi connectivity index (χ4v) is 2.03. The van der Waals surface area contributed by atoms with Gasteiger partial charge in [-0.05, 0) is 18.2 Å². The number of nitrogens with one attached hydrogen (secondary N) is 1. The van der Waals surface area contributed by atoms with Crippen LogP contribution in [0.2, 0.25) is 0 Å². The molecule has 0 aliphatic carbocycles. The molecule has 0 radical (unpaired) electrons. The van der Waals surface area contributed by atoms with Gasteiger partial charge in [-0.15, -0.1) is 0 Å². The first-order valence-corrected chi connectivity index (χ1v) is 6.39. The van der Waals surface area contributed by atoms with E-state index in [9.17, 15) is 18.9 Å². The summed E-state index contributed by atoms with van der Waals surface area (Å²) in [6.07, 6.45) is 0. The fraction of sp³-hybridized carbons (Fsp3) is 0.0769. The molecule has 7 heteroatoms. The normalized spacial score (nSPS) is 10.3. The molecule has 2 rings (SSSR count). The number of hydrogen-bond acceptors (Lipinski definition) is 3. The van der Waals surface area contributed by atoms with Crippen LogP contribution in [0.25, 0.3) is 0 Å². The molecule has 0 spiro atoms. The van der Waals surface area contributed by atoms with Crippen molar-refractivity contribution >= 4 is 27.3 Å². The molecule has 1 N–H and O–H groups in total. The Balaban J connectivity index is 2.23. The Labute approximate surface area is 121 Å². The van der Waals surface area contributed by atoms with Gasteiger partial charge < -0.3 is 5.32 Å². The maximum atomic E-state index is 13.5. The molecule has 20 heavy (non-hydrogen) atoms. The van der Waals surface area contributed by atoms with Crippen LogP contribution in [0, 0.1) is 21.7 Å². The van der Waals surface area contributed by atoms with Crippen molar-refractivity contribution in [2.24, 2.45) is 0 Å². The lowest BCUT2D eigenvalue weighted by molar-refractivity contribution is -0.384. The van der Waals surface area contributed by atoms with Crippen LogP contribution >= 0.6 is 15.9 Å². The van der Waals surface area contributed by atoms with Crippen molar-refractivity contribution in [1.82, 2.24) is 0 Å². The summed E-state index contributed by atoms with van der Waals surface area (Å²) in [7, 11) is 0. The summed E-state index contributed by atoms with van der Waals surface area (Å²) in [5, 5.41) is 13.7. The minimum atomic E-state index is -0.959. The predicted octanol–water partition coefficient (Wildman–Crippen LogP) is 4.25. The summed E-state index contributed by atoms with van der Waals surface area (Å²) < 4.78 is 27.1. The zero-order chi connectivity index (χ0) is 14.7. The molecule has 0 heterocycles. The Morgan fingerprint density at radius 2 is 2.00 bits per heavy atom. The van der Waals surface area contributed by atoms with Gasteiger partial charge in [-0.1, -0.05) is 28.1 Å². The van der Waals surface area contributed by atoms with Crippen molar-refractivity contribution in [2.75, 3.05) is 5.32 Å². The highest BCUT2D eigenvalue weighted by molar-refractivity contribution is 9.10. The van der Waals surface area contributed by atoms with Gasteiger partial charge in [0.15, 0.2) is 11.6 Å². The third-order valence-corrected chi connectivity index (χ3v) is 3.15. The molecule has 0 saturated carbocycles. The highest BCUT2D eigenvalue weighted by atomic mass is 79.9. The minimum absolute atomic E-state index is 0.0495. The maximum absolute atomic E-state index is 13.5. The molecule has 0 aliphatic heterocycles. The van der Waals surface area contributed by atoms with Crippen LogP contribution in [0.5, 0.6) is 0 Å². The third-order valence-electron chi connectivity index (χ3n) is 2.66. The van der Waals surface area contributed by atoms with E-state index < -0.39 is 16.6 Å². The number of anilines is 1. The molecule has 0 bridgehead atoms. The Morgan fingerprint density at radius 3 is 2.70 bits per heavy atom. The lowest BCUT2D eigenvalue weighted by Crippen LogP contribution is -2.05. The van der Waals surface area contributed by atoms with Crippen molar-refractivity contribution < 1.29 is 13.7 Å². The molecule has 0 aromatic heterocycles. The fourth-order valence-electron chi connectivity index (χ4n) is 1.68. The average molecular weight is 343 g/mol. The minimum Gasteiger partial charge on any atom is -0.375 e. The van der Waals surface area contributed by atoms with Gasteiger partial charge in [0.05, 0.1) is 4.92 Å². The topological polar surface area (TPSA) is 55.2 Å². The quantitative estimate of drug-likeness (QED) is 0.667. The molecule has 2 aromatic carbocycles. The number of nitro groups is 1. The number of nitro benzene ring substituents is 1. The SMILES string of the molecule is O=[N+]([O-])c1cc(Br)ccc1NCc1cccc(F)c1F. The van der Waals surface area contributed by atoms with Gasteiger partial charge in [-0.25, -0.2) is 8.78 Å². The number of hydrogen-bond donors (Lipinski definition) is 1. The average Bonchev–Trinajstić information content (AvgIpc) is 2.41. The summed E-state index contributed by atoms with van der Waals surface area (Å²) in [4.78, 5) is 10.4. The van der Waals surface area contributed by atoms with E-state index in [4.69, 9.17) is 0 Å². The van der Waals surface area contributed by atoms with Crippen molar-refractivity contribution in [2.45, 2.75) is 6.54 Å². The Morgan fingerprint density at radius 1 is 1.25 bits per heavy atom. The van der Waals surface area contributed by atoms with Crippen LogP contribution in [0.3, 0.4) is 0 Å². The monoisotopic (exact) mass is 342 g/mol. The summed E-state index contributed by atoms with van der Waals surface area (Å²) in [5.74, 6) is -1.91. The first-order valence-electron chi connectivity index (χ1n) is 5.59. The van der Waals surface area contributed by atoms with E-state index in [1.165, 1.54) is 24.3 Å². The first kappa shape index (κ1) is 14.4. The van der Waals surface area contributed by atoms with Crippen LogP contribution in [0.15, 0.2) is 40.9 Å². The maximum Gasteiger partial charge on any atom is 0.293 e. The largest absolute Gasteiger partial charge is 0.375 e. The van der Waals surface area contributed by atoms with E-state index in [1.807, 2.05) is 0 Å². The predicted molar refractivity (Wildman–Crippen MR) is 74.5 cm³/mol. The molecule has 4 nitrogen and oxygen atoms in total. The molecule has 0 aliphatic rings. The molecule has 0 unspecified atom stereocenters. The summed E-state index contributed by atoms with van der Waals surface area (Å²) in [6.45, 7) is -0.0495. The second-order valence-electron chi connectivity index (χ2n) is 3.99. The first-order chi connectivity index (χ1) is 9.49. The van der Waals surface area contributed by atoms with E-state index in [1.54, 1.807) is 6.07 Å². The van der Waals surface area contributed by atoms with Gasteiger partial charge in [0.25, 0.3) is 5.69 Å². The molecular weight excluding hydrogens is 334 g/mol. The molecular formula is C13H9BrF2N2O2. The van der Waals surface area contributed by atoms with Crippen LogP contribution in [0.4, 0.5) is 20.2 Å². The molecule has 0 fully saturated rings. The van der Waals surface area contributed by atoms with Crippen LogP contribution in [0.1, 0.15) is 5.56 Å². The Bertz CT molecular complexity index is 665. The number of nitrogens with zero attached hydrogens (tertiary/aromatic N) is 1. The van der Waals surface area contributed by atoms with Crippen LogP contribution in [-0.2, 0) is 6.54 Å². The third kappa shape index (κ3) is 3.11. The zero-order valence-corrected chi connectivity index (χ0v) is 11.7. The number of benzene rings is 2. The van der Waals surface area contributed by atoms with E-state index in [0.717, 1.165) is 6.07 Å². The van der Waals surface area contributed by atoms with Gasteiger partial charge in [0.1, 0.15) is 5.69 Å². The van der Waals surface area contributed by atoms with E-state index >= 15 is 0 Å². The molecule has 104 valence electrons. The zero-order valence-electron chi connectivity index (χ0n) is 10.1. The second kappa shape index (κ2) is 5.96. The van der Waals surface area contributed by atoms with Gasteiger partial charge in [0, 0.05) is 22.6 Å². The van der Waals surface area contributed by atoms with E-state index in [-0.39, 0.29) is 23.5 Å². The number of halogens is 3. The lowest BCUT2D eigenvalue weighted by atomic mass is 10.2. The van der Waals surface area contributed by atoms with Crippen LogP contribution in [-0.4, -0.2) is 4.92 Å². The van der Waals surface area contributed by atoms with E-state index in [0.29, 0.717) is 4.47 Å². The lowest BCUT2D eigenvalue weighted by Gasteiger charge is -2.08. The van der Waals surface area contributed by atoms with Gasteiger partial charge in [0.2, 0.25) is 0 Å². The number of rotatable bonds is 4.